The summed E-state index contributed by atoms with van der Waals surface area (Å²) in [4.78, 5) is 38.6. The van der Waals surface area contributed by atoms with Crippen LogP contribution in [-0.4, -0.2) is 67.2 Å². The Kier molecular flexibility index (Phi) is 4.52. The number of hydrogen-bond donors (Lipinski definition) is 2. The monoisotopic (exact) mass is 417 g/mol. The Hall–Kier alpha value is -3.02. The van der Waals surface area contributed by atoms with Crippen molar-refractivity contribution >= 4 is 27.7 Å². The van der Waals surface area contributed by atoms with E-state index in [0.717, 1.165) is 10.6 Å². The summed E-state index contributed by atoms with van der Waals surface area (Å²) in [6, 6.07) is 6.96. The molecule has 2 aliphatic rings. The van der Waals surface area contributed by atoms with Crippen LogP contribution in [0.15, 0.2) is 40.0 Å². The molecule has 29 heavy (non-hydrogen) atoms. The molecule has 4 rings (SSSR count). The minimum Gasteiger partial charge on any atom is -0.384 e. The highest BCUT2D eigenvalue weighted by molar-refractivity contribution is 7.89. The maximum Gasteiger partial charge on any atom is 0.262 e. The maximum atomic E-state index is 13.3. The summed E-state index contributed by atoms with van der Waals surface area (Å²) in [5, 5.41) is 2.09. The first kappa shape index (κ1) is 19.3. The van der Waals surface area contributed by atoms with Crippen molar-refractivity contribution in [2.75, 3.05) is 39.0 Å². The Morgan fingerprint density at radius 1 is 1.00 bits per heavy atom. The predicted molar refractivity (Wildman–Crippen MR) is 105 cm³/mol. The number of nitrogens with one attached hydrogen (secondary N) is 1. The molecule has 1 aromatic carbocycles. The molecule has 0 radical (unpaired) electrons. The Labute approximate surface area is 166 Å². The molecule has 1 fully saturated rings. The number of nitrogen functional groups attached to an aromatic ring is 1. The normalized spacial score (nSPS) is 18.0. The van der Waals surface area contributed by atoms with Crippen molar-refractivity contribution in [3.8, 4) is 5.69 Å². The summed E-state index contributed by atoms with van der Waals surface area (Å²) in [5.74, 6) is -1.72. The summed E-state index contributed by atoms with van der Waals surface area (Å²) in [6.45, 7) is 1.81. The number of amides is 2. The zero-order valence-electron chi connectivity index (χ0n) is 15.6. The number of pyridine rings is 1. The van der Waals surface area contributed by atoms with E-state index in [1.54, 1.807) is 12.1 Å². The fourth-order valence-corrected chi connectivity index (χ4v) is 5.15. The van der Waals surface area contributed by atoms with Gasteiger partial charge in [-0.2, -0.15) is 4.31 Å². The van der Waals surface area contributed by atoms with Gasteiger partial charge in [0.2, 0.25) is 10.0 Å². The number of nitrogens with two attached hydrogens (primary N) is 1. The van der Waals surface area contributed by atoms with E-state index in [4.69, 9.17) is 5.73 Å². The second kappa shape index (κ2) is 6.79. The molecular formula is C18H19N5O5S. The van der Waals surface area contributed by atoms with Gasteiger partial charge in [-0.3, -0.25) is 24.3 Å². The minimum atomic E-state index is -3.91. The lowest BCUT2D eigenvalue weighted by Crippen LogP contribution is -2.47. The molecule has 2 amide bonds. The molecule has 10 nitrogen and oxygen atoms in total. The maximum absolute atomic E-state index is 13.3. The average Bonchev–Trinajstić information content (AvgIpc) is 2.96. The molecule has 0 unspecified atom stereocenters. The topological polar surface area (TPSA) is 135 Å². The molecule has 3 N–H and O–H groups in total. The zero-order chi connectivity index (χ0) is 20.9. The van der Waals surface area contributed by atoms with E-state index in [2.05, 4.69) is 5.32 Å². The number of para-hydroxylation sites is 1. The van der Waals surface area contributed by atoms with Gasteiger partial charge in [-0.25, -0.2) is 8.42 Å². The van der Waals surface area contributed by atoms with Crippen molar-refractivity contribution in [2.45, 2.75) is 4.90 Å². The van der Waals surface area contributed by atoms with Crippen molar-refractivity contribution in [2.24, 2.45) is 0 Å². The number of hydrogen-bond acceptors (Lipinski definition) is 7. The Balaban J connectivity index is 1.90. The number of imide groups is 1. The smallest absolute Gasteiger partial charge is 0.262 e. The first-order chi connectivity index (χ1) is 13.7. The van der Waals surface area contributed by atoms with Gasteiger partial charge in [0, 0.05) is 32.2 Å². The van der Waals surface area contributed by atoms with E-state index in [0.29, 0.717) is 26.2 Å². The molecule has 3 heterocycles. The van der Waals surface area contributed by atoms with Crippen molar-refractivity contribution in [3.63, 3.8) is 0 Å². The first-order valence-corrected chi connectivity index (χ1v) is 10.3. The van der Waals surface area contributed by atoms with Gasteiger partial charge in [-0.1, -0.05) is 12.1 Å². The molecular weight excluding hydrogens is 398 g/mol. The van der Waals surface area contributed by atoms with Crippen LogP contribution < -0.4 is 16.6 Å². The number of anilines is 1. The number of piperazine rings is 1. The third kappa shape index (κ3) is 3.03. The van der Waals surface area contributed by atoms with Crippen LogP contribution in [0.1, 0.15) is 20.7 Å². The fraction of sp³-hybridized carbons (Fsp3) is 0.278. The third-order valence-corrected chi connectivity index (χ3v) is 7.09. The van der Waals surface area contributed by atoms with Gasteiger partial charge in [-0.15, -0.1) is 0 Å². The van der Waals surface area contributed by atoms with Crippen molar-refractivity contribution in [3.05, 3.63) is 51.8 Å². The second-order valence-electron chi connectivity index (χ2n) is 6.95. The Morgan fingerprint density at radius 3 is 2.34 bits per heavy atom. The standard InChI is InChI=1S/C18H19N5O5S/c1-21-6-8-22(9-7-21)29(27,28)13-5-3-2-4-12(13)23-14(24)10-11-15(16(23)19)18(26)20-17(11)25/h2-5,10H,6-9,19H2,1H3,(H,20,25,26). The van der Waals surface area contributed by atoms with Crippen LogP contribution >= 0.6 is 0 Å². The van der Waals surface area contributed by atoms with E-state index in [1.165, 1.54) is 16.4 Å². The van der Waals surface area contributed by atoms with Crippen LogP contribution in [0.5, 0.6) is 0 Å². The molecule has 1 aromatic heterocycles. The van der Waals surface area contributed by atoms with E-state index in [9.17, 15) is 22.8 Å². The number of likely N-dealkylation sites (N-methyl/N-ethyl adjacent to an activating group) is 1. The number of rotatable bonds is 3. The summed E-state index contributed by atoms with van der Waals surface area (Å²) in [6.07, 6.45) is 0. The highest BCUT2D eigenvalue weighted by atomic mass is 32.2. The molecule has 0 bridgehead atoms. The summed E-state index contributed by atoms with van der Waals surface area (Å²) in [5.41, 5.74) is 5.14. The molecule has 11 heteroatoms. The van der Waals surface area contributed by atoms with Crippen molar-refractivity contribution in [1.29, 1.82) is 0 Å². The zero-order valence-corrected chi connectivity index (χ0v) is 16.4. The number of carbonyl (C=O) groups excluding carboxylic acids is 2. The molecule has 0 aliphatic carbocycles. The largest absolute Gasteiger partial charge is 0.384 e. The Morgan fingerprint density at radius 2 is 1.66 bits per heavy atom. The molecule has 2 aromatic rings. The number of aromatic nitrogens is 1. The molecule has 0 saturated carbocycles. The number of fused-ring (bicyclic) bond motifs is 1. The van der Waals surface area contributed by atoms with Crippen LogP contribution in [0.2, 0.25) is 0 Å². The van der Waals surface area contributed by atoms with Crippen LogP contribution in [0, 0.1) is 0 Å². The lowest BCUT2D eigenvalue weighted by molar-refractivity contribution is 0.0880. The minimum absolute atomic E-state index is 0.0314. The average molecular weight is 417 g/mol. The quantitative estimate of drug-likeness (QED) is 0.627. The van der Waals surface area contributed by atoms with Crippen molar-refractivity contribution in [1.82, 2.24) is 19.1 Å². The van der Waals surface area contributed by atoms with Gasteiger partial charge in [0.25, 0.3) is 17.4 Å². The van der Waals surface area contributed by atoms with Gasteiger partial charge in [0.15, 0.2) is 0 Å². The summed E-state index contributed by atoms with van der Waals surface area (Å²) in [7, 11) is -2.00. The highest BCUT2D eigenvalue weighted by Gasteiger charge is 2.34. The molecule has 0 spiro atoms. The van der Waals surface area contributed by atoms with Gasteiger partial charge >= 0.3 is 0 Å². The molecule has 1 saturated heterocycles. The second-order valence-corrected chi connectivity index (χ2v) is 8.86. The third-order valence-electron chi connectivity index (χ3n) is 5.14. The lowest BCUT2D eigenvalue weighted by Gasteiger charge is -2.32. The van der Waals surface area contributed by atoms with Crippen LogP contribution in [-0.2, 0) is 10.0 Å². The number of benzene rings is 1. The summed E-state index contributed by atoms with van der Waals surface area (Å²) < 4.78 is 28.9. The van der Waals surface area contributed by atoms with Crippen LogP contribution in [0.3, 0.4) is 0 Å². The van der Waals surface area contributed by atoms with E-state index in [1.807, 2.05) is 11.9 Å². The molecule has 152 valence electrons. The number of carbonyl (C=O) groups is 2. The van der Waals surface area contributed by atoms with Gasteiger partial charge in [-0.05, 0) is 19.2 Å². The first-order valence-electron chi connectivity index (χ1n) is 8.91. The van der Waals surface area contributed by atoms with Gasteiger partial charge in [0.05, 0.1) is 16.8 Å². The van der Waals surface area contributed by atoms with E-state index >= 15 is 0 Å². The van der Waals surface area contributed by atoms with Crippen LogP contribution in [0.25, 0.3) is 5.69 Å². The molecule has 2 aliphatic heterocycles. The molecule has 0 atom stereocenters. The highest BCUT2D eigenvalue weighted by Crippen LogP contribution is 2.28. The lowest BCUT2D eigenvalue weighted by atomic mass is 10.1. The van der Waals surface area contributed by atoms with Gasteiger partial charge in [0.1, 0.15) is 10.7 Å². The summed E-state index contributed by atoms with van der Waals surface area (Å²) >= 11 is 0. The SMILES string of the molecule is CN1CCN(S(=O)(=O)c2ccccc2-n2c(N)c3c(cc2=O)C(=O)NC3=O)CC1. The number of nitrogens with zero attached hydrogens (tertiary/aromatic N) is 3. The van der Waals surface area contributed by atoms with E-state index in [-0.39, 0.29) is 27.5 Å². The predicted octanol–water partition coefficient (Wildman–Crippen LogP) is -0.761. The Bertz CT molecular complexity index is 1200. The fourth-order valence-electron chi connectivity index (χ4n) is 3.56. The van der Waals surface area contributed by atoms with E-state index < -0.39 is 27.4 Å². The van der Waals surface area contributed by atoms with Crippen molar-refractivity contribution < 1.29 is 18.0 Å². The van der Waals surface area contributed by atoms with Gasteiger partial charge < -0.3 is 10.6 Å². The number of sulfonamides is 1. The van der Waals surface area contributed by atoms with Crippen LogP contribution in [0.4, 0.5) is 5.82 Å².